The van der Waals surface area contributed by atoms with Gasteiger partial charge in [0.05, 0.1) is 22.7 Å². The first-order valence-corrected chi connectivity index (χ1v) is 9.61. The Balaban J connectivity index is 1.66. The van der Waals surface area contributed by atoms with Crippen LogP contribution in [0.2, 0.25) is 10.0 Å². The fourth-order valence-electron chi connectivity index (χ4n) is 3.52. The Morgan fingerprint density at radius 2 is 2.00 bits per heavy atom. The maximum Gasteiger partial charge on any atom is 0.0956 e. The number of imidazole rings is 1. The summed E-state index contributed by atoms with van der Waals surface area (Å²) < 4.78 is 2.12. The predicted octanol–water partition coefficient (Wildman–Crippen LogP) is 5.60. The molecule has 0 fully saturated rings. The summed E-state index contributed by atoms with van der Waals surface area (Å²) >= 11 is 12.4. The largest absolute Gasteiger partial charge is 0.361 e. The fraction of sp³-hybridized carbons (Fsp3) is 0.190. The van der Waals surface area contributed by atoms with Crippen LogP contribution in [0, 0.1) is 0 Å². The number of hydrogen-bond donors (Lipinski definition) is 2. The van der Waals surface area contributed by atoms with E-state index in [1.807, 2.05) is 31.5 Å². The molecule has 3 N–H and O–H groups in total. The van der Waals surface area contributed by atoms with Crippen molar-refractivity contribution in [1.82, 2.24) is 14.5 Å². The van der Waals surface area contributed by atoms with Crippen molar-refractivity contribution in [1.29, 1.82) is 0 Å². The zero-order chi connectivity index (χ0) is 19.0. The number of halogens is 2. The molecule has 0 amide bonds. The van der Waals surface area contributed by atoms with E-state index in [4.69, 9.17) is 28.9 Å². The quantitative estimate of drug-likeness (QED) is 0.459. The van der Waals surface area contributed by atoms with Gasteiger partial charge in [-0.3, -0.25) is 0 Å². The first kappa shape index (κ1) is 18.1. The lowest BCUT2D eigenvalue weighted by Gasteiger charge is -2.14. The lowest BCUT2D eigenvalue weighted by atomic mass is 10.1. The summed E-state index contributed by atoms with van der Waals surface area (Å²) in [6.07, 6.45) is 4.80. The number of rotatable bonds is 5. The number of nitrogens with zero attached hydrogens (tertiary/aromatic N) is 2. The molecule has 6 heteroatoms. The van der Waals surface area contributed by atoms with Gasteiger partial charge in [0.1, 0.15) is 0 Å². The summed E-state index contributed by atoms with van der Waals surface area (Å²) in [6.45, 7) is 2.75. The molecule has 0 saturated heterocycles. The number of nitrogens with two attached hydrogens (primary N) is 1. The molecule has 2 aromatic heterocycles. The molecule has 2 aromatic carbocycles. The fourth-order valence-corrected chi connectivity index (χ4v) is 4.01. The van der Waals surface area contributed by atoms with Gasteiger partial charge in [0.25, 0.3) is 0 Å². The molecule has 0 bridgehead atoms. The van der Waals surface area contributed by atoms with Gasteiger partial charge in [-0.05, 0) is 43.2 Å². The van der Waals surface area contributed by atoms with Crippen LogP contribution in [0.3, 0.4) is 0 Å². The van der Waals surface area contributed by atoms with Crippen molar-refractivity contribution >= 4 is 34.1 Å². The number of hydrogen-bond acceptors (Lipinski definition) is 2. The van der Waals surface area contributed by atoms with Gasteiger partial charge in [0, 0.05) is 40.3 Å². The number of H-pyrrole nitrogens is 1. The molecule has 0 saturated carbocycles. The zero-order valence-corrected chi connectivity index (χ0v) is 16.4. The Kier molecular flexibility index (Phi) is 4.96. The summed E-state index contributed by atoms with van der Waals surface area (Å²) in [6, 6.07) is 13.6. The average molecular weight is 399 g/mol. The SMILES string of the molecule is C[C@H](N)c1c(-c2ccc(Cl)cc2Cl)ncn1CCc1c[nH]c2ccccc12. The highest BCUT2D eigenvalue weighted by atomic mass is 35.5. The highest BCUT2D eigenvalue weighted by Crippen LogP contribution is 2.33. The number of benzene rings is 2. The number of aromatic amines is 1. The van der Waals surface area contributed by atoms with Gasteiger partial charge >= 0.3 is 0 Å². The number of nitrogens with one attached hydrogen (secondary N) is 1. The molecule has 4 nitrogen and oxygen atoms in total. The second-order valence-electron chi connectivity index (χ2n) is 6.69. The van der Waals surface area contributed by atoms with E-state index in [0.29, 0.717) is 10.0 Å². The molecule has 0 spiro atoms. The average Bonchev–Trinajstić information content (AvgIpc) is 3.24. The summed E-state index contributed by atoms with van der Waals surface area (Å²) in [5.74, 6) is 0. The van der Waals surface area contributed by atoms with E-state index in [2.05, 4.69) is 38.9 Å². The van der Waals surface area contributed by atoms with Crippen molar-refractivity contribution < 1.29 is 0 Å². The molecule has 2 heterocycles. The molecule has 0 radical (unpaired) electrons. The van der Waals surface area contributed by atoms with Gasteiger partial charge < -0.3 is 15.3 Å². The van der Waals surface area contributed by atoms with E-state index >= 15 is 0 Å². The molecule has 0 aliphatic rings. The van der Waals surface area contributed by atoms with Crippen LogP contribution in [0.5, 0.6) is 0 Å². The molecule has 4 rings (SSSR count). The minimum atomic E-state index is -0.169. The van der Waals surface area contributed by atoms with Gasteiger partial charge in [-0.25, -0.2) is 4.98 Å². The van der Waals surface area contributed by atoms with Crippen LogP contribution in [-0.4, -0.2) is 14.5 Å². The minimum absolute atomic E-state index is 0.169. The van der Waals surface area contributed by atoms with Crippen molar-refractivity contribution in [2.45, 2.75) is 25.9 Å². The maximum atomic E-state index is 6.39. The van der Waals surface area contributed by atoms with E-state index in [1.54, 1.807) is 6.07 Å². The van der Waals surface area contributed by atoms with Crippen LogP contribution in [0.1, 0.15) is 24.2 Å². The lowest BCUT2D eigenvalue weighted by Crippen LogP contribution is -2.14. The van der Waals surface area contributed by atoms with Gasteiger partial charge in [0.15, 0.2) is 0 Å². The van der Waals surface area contributed by atoms with Crippen LogP contribution < -0.4 is 5.73 Å². The monoisotopic (exact) mass is 398 g/mol. The summed E-state index contributed by atoms with van der Waals surface area (Å²) in [4.78, 5) is 7.93. The first-order valence-electron chi connectivity index (χ1n) is 8.85. The molecule has 0 aliphatic carbocycles. The van der Waals surface area contributed by atoms with E-state index in [1.165, 1.54) is 10.9 Å². The molecule has 0 aliphatic heterocycles. The van der Waals surface area contributed by atoms with Crippen LogP contribution in [0.25, 0.3) is 22.2 Å². The van der Waals surface area contributed by atoms with Gasteiger partial charge in [-0.15, -0.1) is 0 Å². The highest BCUT2D eigenvalue weighted by Gasteiger charge is 2.18. The summed E-state index contributed by atoms with van der Waals surface area (Å²) in [5, 5.41) is 2.43. The van der Waals surface area contributed by atoms with Gasteiger partial charge in [-0.2, -0.15) is 0 Å². The molecule has 4 aromatic rings. The number of aromatic nitrogens is 3. The van der Waals surface area contributed by atoms with Crippen molar-refractivity contribution in [2.24, 2.45) is 5.73 Å². The third-order valence-corrected chi connectivity index (χ3v) is 5.34. The number of fused-ring (bicyclic) bond motifs is 1. The molecular weight excluding hydrogens is 379 g/mol. The second-order valence-corrected chi connectivity index (χ2v) is 7.54. The molecule has 138 valence electrons. The van der Waals surface area contributed by atoms with E-state index in [9.17, 15) is 0 Å². The standard InChI is InChI=1S/C21H20Cl2N4/c1-13(24)21-20(17-7-6-15(22)10-18(17)23)26-12-27(21)9-8-14-11-25-19-5-3-2-4-16(14)19/h2-7,10-13,25H,8-9,24H2,1H3/t13-/m0/s1. The van der Waals surface area contributed by atoms with E-state index in [0.717, 1.165) is 35.4 Å². The second kappa shape index (κ2) is 7.39. The van der Waals surface area contributed by atoms with Crippen molar-refractivity contribution in [3.63, 3.8) is 0 Å². The van der Waals surface area contributed by atoms with Crippen molar-refractivity contribution in [2.75, 3.05) is 0 Å². The van der Waals surface area contributed by atoms with Crippen LogP contribution in [0.15, 0.2) is 55.0 Å². The van der Waals surface area contributed by atoms with Crippen LogP contribution >= 0.6 is 23.2 Å². The highest BCUT2D eigenvalue weighted by molar-refractivity contribution is 6.36. The third-order valence-electron chi connectivity index (χ3n) is 4.79. The normalized spacial score (nSPS) is 12.6. The number of aryl methyl sites for hydroxylation is 2. The maximum absolute atomic E-state index is 6.39. The number of para-hydroxylation sites is 1. The van der Waals surface area contributed by atoms with Gasteiger partial charge in [-0.1, -0.05) is 41.4 Å². The van der Waals surface area contributed by atoms with E-state index in [-0.39, 0.29) is 6.04 Å². The Hall–Kier alpha value is -2.27. The Bertz CT molecular complexity index is 1090. The smallest absolute Gasteiger partial charge is 0.0956 e. The molecular formula is C21H20Cl2N4. The summed E-state index contributed by atoms with van der Waals surface area (Å²) in [5.41, 5.74) is 11.3. The third kappa shape index (κ3) is 3.48. The Labute approximate surface area is 167 Å². The Morgan fingerprint density at radius 1 is 1.19 bits per heavy atom. The van der Waals surface area contributed by atoms with Crippen molar-refractivity contribution in [3.8, 4) is 11.3 Å². The summed E-state index contributed by atoms with van der Waals surface area (Å²) in [7, 11) is 0. The van der Waals surface area contributed by atoms with Crippen molar-refractivity contribution in [3.05, 3.63) is 76.3 Å². The van der Waals surface area contributed by atoms with Gasteiger partial charge in [0.2, 0.25) is 0 Å². The lowest BCUT2D eigenvalue weighted by molar-refractivity contribution is 0.626. The minimum Gasteiger partial charge on any atom is -0.361 e. The molecule has 27 heavy (non-hydrogen) atoms. The first-order chi connectivity index (χ1) is 13.0. The predicted molar refractivity (Wildman–Crippen MR) is 112 cm³/mol. The topological polar surface area (TPSA) is 59.6 Å². The molecule has 0 unspecified atom stereocenters. The van der Waals surface area contributed by atoms with Crippen LogP contribution in [0.4, 0.5) is 0 Å². The van der Waals surface area contributed by atoms with Crippen LogP contribution in [-0.2, 0) is 13.0 Å². The zero-order valence-electron chi connectivity index (χ0n) is 14.9. The van der Waals surface area contributed by atoms with E-state index < -0.39 is 0 Å². The molecule has 1 atom stereocenters. The Morgan fingerprint density at radius 3 is 2.78 bits per heavy atom.